The second-order valence-electron chi connectivity index (χ2n) is 4.49. The summed E-state index contributed by atoms with van der Waals surface area (Å²) in [4.78, 5) is 3.77. The van der Waals surface area contributed by atoms with Crippen LogP contribution < -0.4 is 0 Å². The van der Waals surface area contributed by atoms with Crippen molar-refractivity contribution in [2.75, 3.05) is 13.1 Å². The molecule has 1 aliphatic rings. The van der Waals surface area contributed by atoms with Crippen LogP contribution in [0.5, 0.6) is 5.75 Å². The molecule has 2 heterocycles. The number of piperidine rings is 1. The topological polar surface area (TPSA) is 70.5 Å². The van der Waals surface area contributed by atoms with Crippen molar-refractivity contribution in [3.8, 4) is 5.75 Å². The van der Waals surface area contributed by atoms with Gasteiger partial charge in [-0.05, 0) is 18.8 Å². The SMILES string of the molecule is CC1CCCN(S(=O)(=O)c2cncc(O)c2)C1. The summed E-state index contributed by atoms with van der Waals surface area (Å²) in [5.74, 6) is 0.250. The molecule has 2 rings (SSSR count). The number of hydrogen-bond acceptors (Lipinski definition) is 4. The number of aromatic nitrogens is 1. The van der Waals surface area contributed by atoms with Gasteiger partial charge in [0, 0.05) is 25.4 Å². The van der Waals surface area contributed by atoms with E-state index in [9.17, 15) is 13.5 Å². The van der Waals surface area contributed by atoms with Crippen molar-refractivity contribution in [1.29, 1.82) is 0 Å². The number of pyridine rings is 1. The molecule has 1 aliphatic heterocycles. The molecule has 1 aromatic heterocycles. The maximum Gasteiger partial charge on any atom is 0.244 e. The first-order valence-corrected chi connectivity index (χ1v) is 7.08. The zero-order chi connectivity index (χ0) is 12.5. The number of aromatic hydroxyl groups is 1. The number of sulfonamides is 1. The molecule has 94 valence electrons. The Hall–Kier alpha value is -1.14. The van der Waals surface area contributed by atoms with Gasteiger partial charge in [-0.2, -0.15) is 4.31 Å². The predicted molar refractivity (Wildman–Crippen MR) is 63.1 cm³/mol. The lowest BCUT2D eigenvalue weighted by molar-refractivity contribution is 0.281. The lowest BCUT2D eigenvalue weighted by Crippen LogP contribution is -2.39. The third-order valence-corrected chi connectivity index (χ3v) is 4.79. The van der Waals surface area contributed by atoms with E-state index >= 15 is 0 Å². The standard InChI is InChI=1S/C11H16N2O3S/c1-9-3-2-4-13(8-9)17(15,16)11-5-10(14)6-12-7-11/h5-7,9,14H,2-4,8H2,1H3. The molecule has 1 saturated heterocycles. The Labute approximate surface area is 101 Å². The zero-order valence-corrected chi connectivity index (χ0v) is 10.5. The number of rotatable bonds is 2. The van der Waals surface area contributed by atoms with Gasteiger partial charge in [-0.3, -0.25) is 4.98 Å². The van der Waals surface area contributed by atoms with Gasteiger partial charge in [0.15, 0.2) is 0 Å². The molecule has 0 spiro atoms. The van der Waals surface area contributed by atoms with Gasteiger partial charge < -0.3 is 5.11 Å². The second kappa shape index (κ2) is 4.62. The summed E-state index contributed by atoms with van der Waals surface area (Å²) in [5.41, 5.74) is 0. The van der Waals surface area contributed by atoms with E-state index in [1.807, 2.05) is 6.92 Å². The van der Waals surface area contributed by atoms with E-state index < -0.39 is 10.0 Å². The van der Waals surface area contributed by atoms with Crippen LogP contribution in [0, 0.1) is 5.92 Å². The largest absolute Gasteiger partial charge is 0.506 e. The Morgan fingerprint density at radius 3 is 2.88 bits per heavy atom. The Morgan fingerprint density at radius 2 is 2.24 bits per heavy atom. The summed E-state index contributed by atoms with van der Waals surface area (Å²) in [6.07, 6.45) is 4.43. The molecule has 0 aromatic carbocycles. The molecule has 1 unspecified atom stereocenters. The van der Waals surface area contributed by atoms with Crippen LogP contribution in [-0.4, -0.2) is 35.9 Å². The molecule has 0 aliphatic carbocycles. The molecule has 1 fully saturated rings. The Bertz CT molecular complexity index is 501. The molecule has 0 radical (unpaired) electrons. The molecule has 6 heteroatoms. The van der Waals surface area contributed by atoms with Crippen molar-refractivity contribution in [1.82, 2.24) is 9.29 Å². The van der Waals surface area contributed by atoms with E-state index in [-0.39, 0.29) is 10.6 Å². The summed E-state index contributed by atoms with van der Waals surface area (Å²) in [7, 11) is -3.51. The minimum atomic E-state index is -3.51. The third kappa shape index (κ3) is 2.58. The van der Waals surface area contributed by atoms with Crippen LogP contribution in [0.2, 0.25) is 0 Å². The molecular weight excluding hydrogens is 240 g/mol. The summed E-state index contributed by atoms with van der Waals surface area (Å²) in [6, 6.07) is 1.24. The highest BCUT2D eigenvalue weighted by atomic mass is 32.2. The Balaban J connectivity index is 2.29. The summed E-state index contributed by atoms with van der Waals surface area (Å²) >= 11 is 0. The van der Waals surface area contributed by atoms with Crippen LogP contribution in [0.4, 0.5) is 0 Å². The lowest BCUT2D eigenvalue weighted by Gasteiger charge is -2.29. The zero-order valence-electron chi connectivity index (χ0n) is 9.70. The van der Waals surface area contributed by atoms with Gasteiger partial charge >= 0.3 is 0 Å². The van der Waals surface area contributed by atoms with Gasteiger partial charge in [-0.15, -0.1) is 0 Å². The van der Waals surface area contributed by atoms with Gasteiger partial charge in [0.1, 0.15) is 10.6 Å². The van der Waals surface area contributed by atoms with E-state index in [2.05, 4.69) is 4.98 Å². The molecule has 0 amide bonds. The van der Waals surface area contributed by atoms with Crippen molar-refractivity contribution in [3.63, 3.8) is 0 Å². The smallest absolute Gasteiger partial charge is 0.244 e. The van der Waals surface area contributed by atoms with Crippen molar-refractivity contribution in [2.24, 2.45) is 5.92 Å². The molecule has 1 atom stereocenters. The van der Waals surface area contributed by atoms with Crippen LogP contribution in [0.1, 0.15) is 19.8 Å². The first-order chi connectivity index (χ1) is 8.00. The Morgan fingerprint density at radius 1 is 1.47 bits per heavy atom. The highest BCUT2D eigenvalue weighted by Crippen LogP contribution is 2.24. The Kier molecular flexibility index (Phi) is 3.35. The van der Waals surface area contributed by atoms with Gasteiger partial charge in [0.05, 0.1) is 6.20 Å². The highest BCUT2D eigenvalue weighted by molar-refractivity contribution is 7.89. The maximum atomic E-state index is 12.3. The van der Waals surface area contributed by atoms with Crippen molar-refractivity contribution >= 4 is 10.0 Å². The van der Waals surface area contributed by atoms with Crippen LogP contribution >= 0.6 is 0 Å². The van der Waals surface area contributed by atoms with E-state index in [4.69, 9.17) is 0 Å². The summed E-state index contributed by atoms with van der Waals surface area (Å²) < 4.78 is 26.0. The second-order valence-corrected chi connectivity index (χ2v) is 6.43. The average Bonchev–Trinajstić information content (AvgIpc) is 2.29. The van der Waals surface area contributed by atoms with E-state index in [1.54, 1.807) is 0 Å². The fourth-order valence-corrected chi connectivity index (χ4v) is 3.64. The first-order valence-electron chi connectivity index (χ1n) is 5.64. The van der Waals surface area contributed by atoms with Gasteiger partial charge in [0.25, 0.3) is 0 Å². The molecule has 0 saturated carbocycles. The van der Waals surface area contributed by atoms with Crippen molar-refractivity contribution in [3.05, 3.63) is 18.5 Å². The monoisotopic (exact) mass is 256 g/mol. The van der Waals surface area contributed by atoms with E-state index in [0.29, 0.717) is 19.0 Å². The summed E-state index contributed by atoms with van der Waals surface area (Å²) in [5, 5.41) is 9.28. The minimum absolute atomic E-state index is 0.0617. The first kappa shape index (κ1) is 12.3. The highest BCUT2D eigenvalue weighted by Gasteiger charge is 2.28. The van der Waals surface area contributed by atoms with Crippen molar-refractivity contribution < 1.29 is 13.5 Å². The van der Waals surface area contributed by atoms with E-state index in [0.717, 1.165) is 12.8 Å². The number of hydrogen-bond donors (Lipinski definition) is 1. The maximum absolute atomic E-state index is 12.3. The summed E-state index contributed by atoms with van der Waals surface area (Å²) in [6.45, 7) is 3.13. The van der Waals surface area contributed by atoms with Crippen LogP contribution in [0.3, 0.4) is 0 Å². The molecule has 1 N–H and O–H groups in total. The van der Waals surface area contributed by atoms with Crippen molar-refractivity contribution in [2.45, 2.75) is 24.7 Å². The lowest BCUT2D eigenvalue weighted by atomic mass is 10.0. The minimum Gasteiger partial charge on any atom is -0.506 e. The molecule has 0 bridgehead atoms. The van der Waals surface area contributed by atoms with Gasteiger partial charge in [-0.1, -0.05) is 6.92 Å². The van der Waals surface area contributed by atoms with Gasteiger partial charge in [-0.25, -0.2) is 8.42 Å². The third-order valence-electron chi connectivity index (χ3n) is 2.96. The quantitative estimate of drug-likeness (QED) is 0.863. The van der Waals surface area contributed by atoms with E-state index in [1.165, 1.54) is 22.8 Å². The van der Waals surface area contributed by atoms with Crippen LogP contribution in [0.15, 0.2) is 23.4 Å². The normalized spacial score (nSPS) is 22.5. The number of nitrogens with zero attached hydrogens (tertiary/aromatic N) is 2. The van der Waals surface area contributed by atoms with Crippen LogP contribution in [-0.2, 0) is 10.0 Å². The average molecular weight is 256 g/mol. The van der Waals surface area contributed by atoms with Gasteiger partial charge in [0.2, 0.25) is 10.0 Å². The fourth-order valence-electron chi connectivity index (χ4n) is 2.06. The molecule has 5 nitrogen and oxygen atoms in total. The molecule has 1 aromatic rings. The molecule has 17 heavy (non-hydrogen) atoms. The molecular formula is C11H16N2O3S. The van der Waals surface area contributed by atoms with Crippen LogP contribution in [0.25, 0.3) is 0 Å². The predicted octanol–water partition coefficient (Wildman–Crippen LogP) is 1.21. The fraction of sp³-hybridized carbons (Fsp3) is 0.545.